The fraction of sp³-hybridized carbons (Fsp3) is 0.323. The Morgan fingerprint density at radius 1 is 0.829 bits per heavy atom. The summed E-state index contributed by atoms with van der Waals surface area (Å²) in [5, 5.41) is 16.1. The lowest BCUT2D eigenvalue weighted by atomic mass is 10.1. The normalized spacial score (nSPS) is 16.3. The molecule has 0 aromatic heterocycles. The molecule has 0 aliphatic carbocycles. The van der Waals surface area contributed by atoms with Crippen LogP contribution < -0.4 is 20.4 Å². The third-order valence-corrected chi connectivity index (χ3v) is 8.00. The molecule has 5 rings (SSSR count). The van der Waals surface area contributed by atoms with Gasteiger partial charge in [0.2, 0.25) is 12.2 Å². The summed E-state index contributed by atoms with van der Waals surface area (Å²) in [5.41, 5.74) is 5.36. The molecule has 2 aliphatic rings. The monoisotopic (exact) mass is 570 g/mol. The van der Waals surface area contributed by atoms with Gasteiger partial charge in [-0.1, -0.05) is 23.7 Å². The number of aryl methyl sites for hydroxylation is 1. The Kier molecular flexibility index (Phi) is 8.92. The molecule has 2 heterocycles. The van der Waals surface area contributed by atoms with Crippen molar-refractivity contribution in [1.82, 2.24) is 9.80 Å². The number of nitrogens with zero attached hydrogens (tertiary/aromatic N) is 6. The number of piperazine rings is 2. The molecule has 0 atom stereocenters. The van der Waals surface area contributed by atoms with Crippen molar-refractivity contribution in [1.29, 1.82) is 5.26 Å². The molecule has 2 saturated heterocycles. The summed E-state index contributed by atoms with van der Waals surface area (Å²) >= 11 is 6.38. The number of amides is 1. The Labute approximate surface area is 246 Å². The molecule has 0 bridgehead atoms. The predicted molar refractivity (Wildman–Crippen MR) is 167 cm³/mol. The highest BCUT2D eigenvalue weighted by atomic mass is 35.5. The van der Waals surface area contributed by atoms with Crippen molar-refractivity contribution in [2.24, 2.45) is 4.99 Å². The Balaban J connectivity index is 1.14. The van der Waals surface area contributed by atoms with Gasteiger partial charge in [-0.15, -0.1) is 4.99 Å². The van der Waals surface area contributed by atoms with E-state index in [9.17, 15) is 10.1 Å². The van der Waals surface area contributed by atoms with Crippen molar-refractivity contribution in [2.45, 2.75) is 6.92 Å². The number of aliphatic imine (C=N–C) groups is 1. The number of para-hydroxylation sites is 1. The number of carbonyl (C=O) groups is 1. The number of halogens is 1. The van der Waals surface area contributed by atoms with Gasteiger partial charge in [0, 0.05) is 75.0 Å². The van der Waals surface area contributed by atoms with Crippen LogP contribution in [0.5, 0.6) is 0 Å². The lowest BCUT2D eigenvalue weighted by Crippen LogP contribution is -2.50. The van der Waals surface area contributed by atoms with E-state index < -0.39 is 0 Å². The highest BCUT2D eigenvalue weighted by Gasteiger charge is 2.22. The summed E-state index contributed by atoms with van der Waals surface area (Å²) in [6.07, 6.45) is 1.91. The minimum atomic E-state index is -0.123. The molecule has 9 nitrogen and oxygen atoms in total. The van der Waals surface area contributed by atoms with Gasteiger partial charge in [0.1, 0.15) is 0 Å². The molecule has 0 spiro atoms. The highest BCUT2D eigenvalue weighted by Crippen LogP contribution is 2.26. The van der Waals surface area contributed by atoms with Crippen LogP contribution in [0.1, 0.15) is 15.9 Å². The maximum Gasteiger partial charge on any atom is 0.255 e. The van der Waals surface area contributed by atoms with Crippen LogP contribution in [0.2, 0.25) is 5.02 Å². The van der Waals surface area contributed by atoms with Crippen molar-refractivity contribution in [3.05, 3.63) is 82.9 Å². The van der Waals surface area contributed by atoms with Crippen LogP contribution in [0.15, 0.2) is 71.7 Å². The number of benzene rings is 3. The van der Waals surface area contributed by atoms with Crippen LogP contribution in [0, 0.1) is 18.4 Å². The summed E-state index contributed by atoms with van der Waals surface area (Å²) in [6, 6.07) is 21.4. The maximum absolute atomic E-state index is 12.9. The number of rotatable bonds is 5. The van der Waals surface area contributed by atoms with Crippen molar-refractivity contribution >= 4 is 46.2 Å². The molecule has 2 fully saturated rings. The Hall–Kier alpha value is -4.26. The molecule has 3 aromatic rings. The lowest BCUT2D eigenvalue weighted by Gasteiger charge is -2.37. The van der Waals surface area contributed by atoms with Crippen LogP contribution in [-0.2, 0) is 0 Å². The largest absolute Gasteiger partial charge is 0.369 e. The number of nitrogens with one attached hydrogen (secondary N) is 2. The highest BCUT2D eigenvalue weighted by molar-refractivity contribution is 6.34. The molecule has 2 aliphatic heterocycles. The average molecular weight is 571 g/mol. The molecule has 2 N–H and O–H groups in total. The molecule has 0 unspecified atom stereocenters. The fourth-order valence-electron chi connectivity index (χ4n) is 5.15. The fourth-order valence-corrected chi connectivity index (χ4v) is 5.42. The topological polar surface area (TPSA) is 90.2 Å². The molecule has 0 radical (unpaired) electrons. The first-order chi connectivity index (χ1) is 19.9. The van der Waals surface area contributed by atoms with E-state index in [0.29, 0.717) is 29.6 Å². The molecule has 41 heavy (non-hydrogen) atoms. The molecule has 0 saturated carbocycles. The smallest absolute Gasteiger partial charge is 0.255 e. The van der Waals surface area contributed by atoms with Crippen molar-refractivity contribution in [3.8, 4) is 6.19 Å². The SMILES string of the molecule is Cc1cccc(Cl)c1N/C(=N/C#N)N1CCN(c2ccc(NC(=O)c3ccc(N4CCN(C)CC4)cc3)cc2)CC1. The van der Waals surface area contributed by atoms with Gasteiger partial charge < -0.3 is 30.2 Å². The summed E-state index contributed by atoms with van der Waals surface area (Å²) < 4.78 is 0. The summed E-state index contributed by atoms with van der Waals surface area (Å²) in [4.78, 5) is 25.9. The van der Waals surface area contributed by atoms with Crippen molar-refractivity contribution in [3.63, 3.8) is 0 Å². The van der Waals surface area contributed by atoms with Gasteiger partial charge in [0.25, 0.3) is 5.91 Å². The van der Waals surface area contributed by atoms with Crippen LogP contribution >= 0.6 is 11.6 Å². The molecule has 212 valence electrons. The van der Waals surface area contributed by atoms with Crippen LogP contribution in [0.3, 0.4) is 0 Å². The lowest BCUT2D eigenvalue weighted by molar-refractivity contribution is 0.102. The molecular formula is C31H35ClN8O. The first-order valence-corrected chi connectivity index (χ1v) is 14.2. The number of hydrogen-bond acceptors (Lipinski definition) is 6. The van der Waals surface area contributed by atoms with E-state index in [1.807, 2.05) is 79.8 Å². The summed E-state index contributed by atoms with van der Waals surface area (Å²) in [5.74, 6) is 0.375. The summed E-state index contributed by atoms with van der Waals surface area (Å²) in [6.45, 7) is 8.97. The van der Waals surface area contributed by atoms with Crippen LogP contribution in [-0.4, -0.2) is 81.1 Å². The summed E-state index contributed by atoms with van der Waals surface area (Å²) in [7, 11) is 2.14. The maximum atomic E-state index is 12.9. The minimum absolute atomic E-state index is 0.123. The zero-order valence-electron chi connectivity index (χ0n) is 23.5. The van der Waals surface area contributed by atoms with Gasteiger partial charge >= 0.3 is 0 Å². The molecule has 10 heteroatoms. The number of guanidine groups is 1. The van der Waals surface area contributed by atoms with Gasteiger partial charge in [-0.05, 0) is 74.1 Å². The van der Waals surface area contributed by atoms with E-state index in [1.54, 1.807) is 0 Å². The standard InChI is InChI=1S/C31H35ClN8O/c1-23-4-3-5-28(32)29(23)36-31(34-22-33)40-20-18-39(19-21-40)27-12-8-25(9-13-27)35-30(41)24-6-10-26(11-7-24)38-16-14-37(2)15-17-38/h3-13H,14-21H2,1-2H3,(H,34,36)(H,35,41). The zero-order valence-corrected chi connectivity index (χ0v) is 24.2. The predicted octanol–water partition coefficient (Wildman–Crippen LogP) is 4.72. The molecule has 1 amide bonds. The van der Waals surface area contributed by atoms with E-state index in [2.05, 4.69) is 42.3 Å². The van der Waals surface area contributed by atoms with Gasteiger partial charge in [-0.25, -0.2) is 0 Å². The number of nitriles is 1. The van der Waals surface area contributed by atoms with Gasteiger partial charge in [0.05, 0.1) is 10.7 Å². The number of anilines is 4. The second-order valence-electron chi connectivity index (χ2n) is 10.4. The van der Waals surface area contributed by atoms with E-state index in [4.69, 9.17) is 11.6 Å². The van der Waals surface area contributed by atoms with Crippen molar-refractivity contribution in [2.75, 3.05) is 79.8 Å². The third-order valence-electron chi connectivity index (χ3n) is 7.68. The number of likely N-dealkylation sites (N-methyl/N-ethyl adjacent to an activating group) is 1. The second-order valence-corrected chi connectivity index (χ2v) is 10.8. The van der Waals surface area contributed by atoms with E-state index in [0.717, 1.165) is 67.6 Å². The third kappa shape index (κ3) is 6.91. The van der Waals surface area contributed by atoms with E-state index >= 15 is 0 Å². The Bertz CT molecular complexity index is 1400. The van der Waals surface area contributed by atoms with Gasteiger partial charge in [0.15, 0.2) is 0 Å². The van der Waals surface area contributed by atoms with Crippen molar-refractivity contribution < 1.29 is 4.79 Å². The second kappa shape index (κ2) is 12.9. The Morgan fingerprint density at radius 2 is 1.41 bits per heavy atom. The molecule has 3 aromatic carbocycles. The quantitative estimate of drug-likeness (QED) is 0.260. The number of carbonyl (C=O) groups excluding carboxylic acids is 1. The van der Waals surface area contributed by atoms with Crippen LogP contribution in [0.4, 0.5) is 22.7 Å². The van der Waals surface area contributed by atoms with E-state index in [1.165, 1.54) is 0 Å². The van der Waals surface area contributed by atoms with E-state index in [-0.39, 0.29) is 5.91 Å². The average Bonchev–Trinajstić information content (AvgIpc) is 2.99. The minimum Gasteiger partial charge on any atom is -0.369 e. The zero-order chi connectivity index (χ0) is 28.8. The Morgan fingerprint density at radius 3 is 2.00 bits per heavy atom. The molecular weight excluding hydrogens is 536 g/mol. The number of hydrogen-bond donors (Lipinski definition) is 2. The first kappa shape index (κ1) is 28.3. The van der Waals surface area contributed by atoms with Gasteiger partial charge in [-0.2, -0.15) is 5.26 Å². The van der Waals surface area contributed by atoms with Gasteiger partial charge in [-0.3, -0.25) is 4.79 Å². The first-order valence-electron chi connectivity index (χ1n) is 13.8. The van der Waals surface area contributed by atoms with Crippen LogP contribution in [0.25, 0.3) is 0 Å².